The van der Waals surface area contributed by atoms with Crippen LogP contribution in [0.1, 0.15) is 18.1 Å². The first kappa shape index (κ1) is 28.4. The predicted molar refractivity (Wildman–Crippen MR) is 159 cm³/mol. The number of carboxylic acid groups (broad SMARTS) is 1. The smallest absolute Gasteiger partial charge is 0.0622 e. The number of thioether (sulfide) groups is 1. The van der Waals surface area contributed by atoms with Crippen molar-refractivity contribution in [3.63, 3.8) is 0 Å². The summed E-state index contributed by atoms with van der Waals surface area (Å²) in [6, 6.07) is 34.5. The molecule has 1 aliphatic rings. The molecule has 4 aromatic carbocycles. The number of carboxylic acids is 1. The molecule has 39 heavy (non-hydrogen) atoms. The number of benzene rings is 4. The molecule has 0 saturated heterocycles. The number of hydrogen-bond acceptors (Lipinski definition) is 5. The number of carbonyl (C=O) groups excluding carboxylic acids is 1. The summed E-state index contributed by atoms with van der Waals surface area (Å²) < 4.78 is 7.49. The zero-order valence-electron chi connectivity index (χ0n) is 21.6. The quantitative estimate of drug-likeness (QED) is 0.232. The molecule has 0 radical (unpaired) electrons. The molecule has 0 spiro atoms. The number of amides is 1. The Balaban J connectivity index is 0.000000826. The van der Waals surface area contributed by atoms with Crippen LogP contribution in [0.2, 0.25) is 0 Å². The molecule has 0 bridgehead atoms. The minimum atomic E-state index is -0.833. The second-order valence-electron chi connectivity index (χ2n) is 8.74. The van der Waals surface area contributed by atoms with Crippen molar-refractivity contribution in [1.82, 2.24) is 0 Å². The number of carbonyl (C=O) groups is 2. The zero-order chi connectivity index (χ0) is 27.6. The van der Waals surface area contributed by atoms with Crippen molar-refractivity contribution in [3.05, 3.63) is 119 Å². The van der Waals surface area contributed by atoms with Gasteiger partial charge in [0, 0.05) is 6.92 Å². The van der Waals surface area contributed by atoms with Gasteiger partial charge in [0.05, 0.1) is 0 Å². The summed E-state index contributed by atoms with van der Waals surface area (Å²) >= 11 is 2.35. The van der Waals surface area contributed by atoms with Crippen LogP contribution >= 0.6 is 11.8 Å². The van der Waals surface area contributed by atoms with Crippen LogP contribution in [0.15, 0.2) is 113 Å². The average Bonchev–Trinajstić information content (AvgIpc) is 3.28. The minimum absolute atomic E-state index is 0.254. The van der Waals surface area contributed by atoms with Crippen LogP contribution in [-0.4, -0.2) is 50.1 Å². The Kier molecular flexibility index (Phi) is 10.2. The van der Waals surface area contributed by atoms with Gasteiger partial charge in [0.25, 0.3) is 5.97 Å². The number of nitrogens with zero attached hydrogens (tertiary/aromatic N) is 1. The molecule has 8 heteroatoms. The van der Waals surface area contributed by atoms with Gasteiger partial charge in [-0.1, -0.05) is 66.7 Å². The Hall–Kier alpha value is -3.62. The second kappa shape index (κ2) is 14.0. The van der Waals surface area contributed by atoms with Crippen molar-refractivity contribution >= 4 is 71.3 Å². The van der Waals surface area contributed by atoms with Crippen molar-refractivity contribution in [3.8, 4) is 16.9 Å². The molecule has 190 valence electrons. The molecule has 2 N–H and O–H groups in total. The molecule has 1 aliphatic heterocycles. The molecule has 1 heterocycles. The summed E-state index contributed by atoms with van der Waals surface area (Å²) in [5.74, 6) is -0.366. The van der Waals surface area contributed by atoms with Gasteiger partial charge in [0.2, 0.25) is 0 Å². The molecule has 1 amide bonds. The van der Waals surface area contributed by atoms with E-state index in [0.717, 1.165) is 68.5 Å². The van der Waals surface area contributed by atoms with E-state index in [1.807, 2.05) is 78.9 Å². The Bertz CT molecular complexity index is 1500. The van der Waals surface area contributed by atoms with Crippen molar-refractivity contribution < 1.29 is 19.4 Å². The van der Waals surface area contributed by atoms with E-state index in [9.17, 15) is 4.79 Å². The van der Waals surface area contributed by atoms with Crippen molar-refractivity contribution in [2.24, 2.45) is 4.99 Å². The van der Waals surface area contributed by atoms with Gasteiger partial charge in [0.15, 0.2) is 0 Å². The van der Waals surface area contributed by atoms with Gasteiger partial charge < -0.3 is 5.11 Å². The topological polar surface area (TPSA) is 88.0 Å². The van der Waals surface area contributed by atoms with Crippen LogP contribution in [-0.2, 0) is 16.2 Å². The SMILES string of the molecule is CC(=O)O.O=C1N=C(Nc2cc[c]([Na])cc2)S/C1=C\c1cc(-c2ccccc2)ccc1OCc1ccccc1. The first-order valence-electron chi connectivity index (χ1n) is 12.3. The van der Waals surface area contributed by atoms with Crippen LogP contribution in [0.4, 0.5) is 5.69 Å². The Morgan fingerprint density at radius 3 is 2.26 bits per heavy atom. The number of anilines is 1. The Morgan fingerprint density at radius 1 is 0.949 bits per heavy atom. The molecule has 6 nitrogen and oxygen atoms in total. The normalized spacial score (nSPS) is 13.4. The van der Waals surface area contributed by atoms with Gasteiger partial charge in [-0.3, -0.25) is 4.79 Å². The summed E-state index contributed by atoms with van der Waals surface area (Å²) in [5.41, 5.74) is 5.01. The van der Waals surface area contributed by atoms with Crippen LogP contribution in [0.5, 0.6) is 5.75 Å². The van der Waals surface area contributed by atoms with E-state index >= 15 is 0 Å². The van der Waals surface area contributed by atoms with Gasteiger partial charge in [0.1, 0.15) is 6.61 Å². The average molecular weight is 545 g/mol. The van der Waals surface area contributed by atoms with Crippen molar-refractivity contribution in [2.45, 2.75) is 13.5 Å². The fourth-order valence-electron chi connectivity index (χ4n) is 3.70. The maximum absolute atomic E-state index is 12.7. The van der Waals surface area contributed by atoms with Crippen molar-refractivity contribution in [1.29, 1.82) is 0 Å². The van der Waals surface area contributed by atoms with Gasteiger partial charge in [-0.05, 0) is 11.1 Å². The van der Waals surface area contributed by atoms with Gasteiger partial charge in [-0.2, -0.15) is 0 Å². The molecule has 4 aromatic rings. The molecule has 0 aliphatic carbocycles. The van der Waals surface area contributed by atoms with Crippen LogP contribution in [0.3, 0.4) is 0 Å². The number of rotatable bonds is 6. The first-order chi connectivity index (χ1) is 18.9. The third kappa shape index (κ3) is 8.70. The number of nitrogens with one attached hydrogen (secondary N) is 1. The van der Waals surface area contributed by atoms with Crippen LogP contribution < -0.4 is 12.9 Å². The third-order valence-electron chi connectivity index (χ3n) is 5.56. The molecule has 0 aromatic heterocycles. The van der Waals surface area contributed by atoms with E-state index in [1.165, 1.54) is 14.6 Å². The number of aliphatic imine (C=N–C) groups is 1. The van der Waals surface area contributed by atoms with E-state index in [4.69, 9.17) is 14.6 Å². The summed E-state index contributed by atoms with van der Waals surface area (Å²) in [7, 11) is 0. The predicted octanol–water partition coefficient (Wildman–Crippen LogP) is 5.90. The molecular weight excluding hydrogens is 519 g/mol. The monoisotopic (exact) mass is 544 g/mol. The standard InChI is InChI=1S/C29H21N2O2S.C2H4O2.Na/c32-28-27(34-29(31-28)30-25-14-8-3-9-15-25)19-24-18-23(22-12-6-2-7-13-22)16-17-26(24)33-20-21-10-4-1-5-11-21;1-2(3)4;/h1-2,4-19H,20H2,(H,30,31,32);1H3,(H,3,4);/b27-19-;;. The van der Waals surface area contributed by atoms with E-state index in [1.54, 1.807) is 0 Å². The summed E-state index contributed by atoms with van der Waals surface area (Å²) in [5, 5.41) is 11.2. The Labute approximate surface area is 249 Å². The molecule has 5 rings (SSSR count). The molecule has 0 unspecified atom stereocenters. The van der Waals surface area contributed by atoms with E-state index in [2.05, 4.69) is 40.6 Å². The molecule has 0 fully saturated rings. The third-order valence-corrected chi connectivity index (χ3v) is 7.13. The van der Waals surface area contributed by atoms with Crippen LogP contribution in [0, 0.1) is 0 Å². The van der Waals surface area contributed by atoms with Gasteiger partial charge in [-0.25, -0.2) is 0 Å². The minimum Gasteiger partial charge on any atom is -0.0622 e. The summed E-state index contributed by atoms with van der Waals surface area (Å²) in [6.45, 7) is 1.53. The van der Waals surface area contributed by atoms with Crippen molar-refractivity contribution in [2.75, 3.05) is 5.32 Å². The number of ether oxygens (including phenoxy) is 1. The first-order valence-corrected chi connectivity index (χ1v) is 14.1. The number of aliphatic carboxylic acids is 1. The zero-order valence-corrected chi connectivity index (χ0v) is 24.4. The van der Waals surface area contributed by atoms with Gasteiger partial charge in [-0.15, -0.1) is 0 Å². The summed E-state index contributed by atoms with van der Waals surface area (Å²) in [4.78, 5) is 26.5. The summed E-state index contributed by atoms with van der Waals surface area (Å²) in [6.07, 6.45) is 1.87. The van der Waals surface area contributed by atoms with E-state index < -0.39 is 5.97 Å². The molecule has 0 saturated carbocycles. The maximum atomic E-state index is 12.7. The molecular formula is C31H25N2NaO4S. The van der Waals surface area contributed by atoms with Crippen LogP contribution in [0.25, 0.3) is 17.2 Å². The Morgan fingerprint density at radius 2 is 1.59 bits per heavy atom. The fraction of sp³-hybridized carbons (Fsp3) is 0.0645. The van der Waals surface area contributed by atoms with E-state index in [-0.39, 0.29) is 5.91 Å². The number of amidine groups is 1. The second-order valence-corrected chi connectivity index (χ2v) is 10.9. The number of hydrogen-bond donors (Lipinski definition) is 2. The van der Waals surface area contributed by atoms with E-state index in [0.29, 0.717) is 16.7 Å². The molecule has 0 atom stereocenters. The fourth-order valence-corrected chi connectivity index (χ4v) is 4.86. The van der Waals surface area contributed by atoms with Gasteiger partial charge >= 0.3 is 143 Å².